The van der Waals surface area contributed by atoms with Gasteiger partial charge in [0.05, 0.1) is 29.7 Å². The number of rotatable bonds is 3. The van der Waals surface area contributed by atoms with Gasteiger partial charge in [0.15, 0.2) is 5.65 Å². The van der Waals surface area contributed by atoms with E-state index in [4.69, 9.17) is 16.9 Å². The van der Waals surface area contributed by atoms with E-state index >= 15 is 0 Å². The highest BCUT2D eigenvalue weighted by Crippen LogP contribution is 2.19. The molecule has 4 rings (SSSR count). The second-order valence-electron chi connectivity index (χ2n) is 5.39. The summed E-state index contributed by atoms with van der Waals surface area (Å²) >= 11 is 6.08. The number of hydrogen-bond donors (Lipinski definition) is 0. The molecule has 0 fully saturated rings. The summed E-state index contributed by atoms with van der Waals surface area (Å²) in [6.45, 7) is 0.600. The Morgan fingerprint density at radius 3 is 2.96 bits per heavy atom. The van der Waals surface area contributed by atoms with E-state index in [1.807, 2.05) is 46.9 Å². The number of halogens is 1. The Morgan fingerprint density at radius 1 is 1.25 bits per heavy atom. The molecule has 0 aliphatic rings. The number of fused-ring (bicyclic) bond motifs is 2. The smallest absolute Gasteiger partial charge is 0.175 e. The van der Waals surface area contributed by atoms with Gasteiger partial charge in [-0.05, 0) is 18.2 Å². The van der Waals surface area contributed by atoms with E-state index in [9.17, 15) is 0 Å². The molecule has 0 spiro atoms. The Bertz CT molecular complexity index is 1090. The molecule has 0 radical (unpaired) electrons. The van der Waals surface area contributed by atoms with Crippen LogP contribution in [0.3, 0.4) is 0 Å². The van der Waals surface area contributed by atoms with Crippen molar-refractivity contribution < 1.29 is 0 Å². The molecule has 0 aliphatic carbocycles. The van der Waals surface area contributed by atoms with Crippen molar-refractivity contribution in [1.29, 1.82) is 5.26 Å². The zero-order valence-corrected chi connectivity index (χ0v) is 13.5. The van der Waals surface area contributed by atoms with Gasteiger partial charge in [-0.1, -0.05) is 11.6 Å². The van der Waals surface area contributed by atoms with Crippen LogP contribution in [0.25, 0.3) is 11.3 Å². The Morgan fingerprint density at radius 2 is 2.12 bits per heavy atom. The number of nitrogens with zero attached hydrogens (tertiary/aromatic N) is 7. The fourth-order valence-electron chi connectivity index (χ4n) is 2.69. The normalized spacial score (nSPS) is 11.0. The Labute approximate surface area is 142 Å². The van der Waals surface area contributed by atoms with Crippen LogP contribution in [0.15, 0.2) is 43.0 Å². The summed E-state index contributed by atoms with van der Waals surface area (Å²) in [5, 5.41) is 14.0. The SMILES string of the molecule is CN(Cc1cnc2ccc(Cl)cn12)c1ccnc2c(C#N)cnn12. The average Bonchev–Trinajstić information content (AvgIpc) is 3.18. The highest BCUT2D eigenvalue weighted by atomic mass is 35.5. The van der Waals surface area contributed by atoms with E-state index in [1.54, 1.807) is 10.7 Å². The highest BCUT2D eigenvalue weighted by molar-refractivity contribution is 6.30. The van der Waals surface area contributed by atoms with Gasteiger partial charge in [-0.25, -0.2) is 9.97 Å². The largest absolute Gasteiger partial charge is 0.354 e. The maximum atomic E-state index is 9.12. The first-order valence-corrected chi connectivity index (χ1v) is 7.60. The molecule has 0 saturated heterocycles. The topological polar surface area (TPSA) is 74.5 Å². The predicted octanol–water partition coefficient (Wildman–Crippen LogP) is 2.54. The summed E-state index contributed by atoms with van der Waals surface area (Å²) in [6.07, 6.45) is 6.87. The van der Waals surface area contributed by atoms with Gasteiger partial charge < -0.3 is 9.30 Å². The van der Waals surface area contributed by atoms with Crippen molar-refractivity contribution in [1.82, 2.24) is 24.0 Å². The second-order valence-corrected chi connectivity index (χ2v) is 5.83. The lowest BCUT2D eigenvalue weighted by atomic mass is 10.3. The van der Waals surface area contributed by atoms with Gasteiger partial charge in [0.1, 0.15) is 23.1 Å². The molecule has 7 nitrogen and oxygen atoms in total. The Hall–Kier alpha value is -3.11. The predicted molar refractivity (Wildman–Crippen MR) is 90.0 cm³/mol. The Kier molecular flexibility index (Phi) is 3.32. The molecular weight excluding hydrogens is 326 g/mol. The molecule has 4 aromatic rings. The number of imidazole rings is 1. The van der Waals surface area contributed by atoms with Crippen molar-refractivity contribution in [3.8, 4) is 6.07 Å². The maximum absolute atomic E-state index is 9.12. The monoisotopic (exact) mass is 337 g/mol. The van der Waals surface area contributed by atoms with Gasteiger partial charge in [0.25, 0.3) is 0 Å². The van der Waals surface area contributed by atoms with Crippen LogP contribution >= 0.6 is 11.6 Å². The molecule has 0 bridgehead atoms. The minimum atomic E-state index is 0.451. The van der Waals surface area contributed by atoms with Crippen LogP contribution in [0, 0.1) is 11.3 Å². The van der Waals surface area contributed by atoms with E-state index in [2.05, 4.69) is 21.1 Å². The molecule has 0 unspecified atom stereocenters. The summed E-state index contributed by atoms with van der Waals surface area (Å²) in [4.78, 5) is 10.6. The molecule has 24 heavy (non-hydrogen) atoms. The average molecular weight is 338 g/mol. The molecule has 118 valence electrons. The van der Waals surface area contributed by atoms with Gasteiger partial charge in [-0.15, -0.1) is 0 Å². The quantitative estimate of drug-likeness (QED) is 0.574. The van der Waals surface area contributed by atoms with Crippen LogP contribution in [-0.2, 0) is 6.54 Å². The van der Waals surface area contributed by atoms with Crippen LogP contribution in [0.4, 0.5) is 5.82 Å². The fraction of sp³-hybridized carbons (Fsp3) is 0.125. The summed E-state index contributed by atoms with van der Waals surface area (Å²) in [6, 6.07) is 7.65. The summed E-state index contributed by atoms with van der Waals surface area (Å²) in [5.74, 6) is 0.832. The fourth-order valence-corrected chi connectivity index (χ4v) is 2.85. The van der Waals surface area contributed by atoms with Crippen LogP contribution in [0.1, 0.15) is 11.3 Å². The third-order valence-electron chi connectivity index (χ3n) is 3.84. The second kappa shape index (κ2) is 5.51. The lowest BCUT2D eigenvalue weighted by Gasteiger charge is -2.19. The van der Waals surface area contributed by atoms with Gasteiger partial charge in [0, 0.05) is 19.4 Å². The van der Waals surface area contributed by atoms with Crippen molar-refractivity contribution in [2.24, 2.45) is 0 Å². The van der Waals surface area contributed by atoms with Gasteiger partial charge in [-0.3, -0.25) is 0 Å². The van der Waals surface area contributed by atoms with Crippen LogP contribution < -0.4 is 4.90 Å². The molecule has 0 aliphatic heterocycles. The minimum absolute atomic E-state index is 0.451. The van der Waals surface area contributed by atoms with E-state index in [-0.39, 0.29) is 0 Å². The summed E-state index contributed by atoms with van der Waals surface area (Å²) in [5.41, 5.74) is 2.83. The number of aromatic nitrogens is 5. The van der Waals surface area contributed by atoms with Crippen LogP contribution in [-0.4, -0.2) is 31.0 Å². The van der Waals surface area contributed by atoms with Crippen molar-refractivity contribution in [3.05, 3.63) is 59.3 Å². The standard InChI is InChI=1S/C16H12ClN7/c1-22(10-13-8-20-14-3-2-12(17)9-23(13)14)15-4-5-19-16-11(6-18)7-21-24(15)16/h2-5,7-9H,10H2,1H3. The molecule has 0 saturated carbocycles. The van der Waals surface area contributed by atoms with Gasteiger partial charge in [0.2, 0.25) is 0 Å². The molecule has 0 atom stereocenters. The van der Waals surface area contributed by atoms with Gasteiger partial charge in [-0.2, -0.15) is 14.9 Å². The molecule has 4 heterocycles. The Balaban J connectivity index is 1.74. The van der Waals surface area contributed by atoms with Gasteiger partial charge >= 0.3 is 0 Å². The lowest BCUT2D eigenvalue weighted by Crippen LogP contribution is -2.20. The first-order chi connectivity index (χ1) is 11.7. The van der Waals surface area contributed by atoms with E-state index < -0.39 is 0 Å². The molecule has 4 aromatic heterocycles. The molecular formula is C16H12ClN7. The van der Waals surface area contributed by atoms with Crippen molar-refractivity contribution in [2.45, 2.75) is 6.54 Å². The first kappa shape index (κ1) is 14.5. The van der Waals surface area contributed by atoms with E-state index in [0.29, 0.717) is 22.8 Å². The molecule has 0 aromatic carbocycles. The third kappa shape index (κ3) is 2.25. The highest BCUT2D eigenvalue weighted by Gasteiger charge is 2.13. The first-order valence-electron chi connectivity index (χ1n) is 7.23. The lowest BCUT2D eigenvalue weighted by molar-refractivity contribution is 0.810. The number of pyridine rings is 1. The van der Waals surface area contributed by atoms with Crippen molar-refractivity contribution in [2.75, 3.05) is 11.9 Å². The summed E-state index contributed by atoms with van der Waals surface area (Å²) < 4.78 is 3.62. The minimum Gasteiger partial charge on any atom is -0.354 e. The van der Waals surface area contributed by atoms with Crippen molar-refractivity contribution >= 4 is 28.7 Å². The zero-order valence-electron chi connectivity index (χ0n) is 12.8. The van der Waals surface area contributed by atoms with Crippen molar-refractivity contribution in [3.63, 3.8) is 0 Å². The van der Waals surface area contributed by atoms with E-state index in [1.165, 1.54) is 6.20 Å². The number of hydrogen-bond acceptors (Lipinski definition) is 5. The van der Waals surface area contributed by atoms with E-state index in [0.717, 1.165) is 17.2 Å². The number of nitriles is 1. The van der Waals surface area contributed by atoms with Crippen LogP contribution in [0.2, 0.25) is 5.02 Å². The maximum Gasteiger partial charge on any atom is 0.175 e. The zero-order chi connectivity index (χ0) is 16.7. The summed E-state index contributed by atoms with van der Waals surface area (Å²) in [7, 11) is 1.95. The molecule has 8 heteroatoms. The third-order valence-corrected chi connectivity index (χ3v) is 4.06. The molecule has 0 N–H and O–H groups in total. The van der Waals surface area contributed by atoms with Crippen LogP contribution in [0.5, 0.6) is 0 Å². The molecule has 0 amide bonds. The number of anilines is 1.